The van der Waals surface area contributed by atoms with Crippen LogP contribution in [0.1, 0.15) is 41.7 Å². The summed E-state index contributed by atoms with van der Waals surface area (Å²) in [5.41, 5.74) is 3.83. The predicted octanol–water partition coefficient (Wildman–Crippen LogP) is 3.21. The van der Waals surface area contributed by atoms with Gasteiger partial charge in [0.2, 0.25) is 0 Å². The number of nitrogens with zero attached hydrogens (tertiary/aromatic N) is 3. The summed E-state index contributed by atoms with van der Waals surface area (Å²) >= 11 is 0. The molecule has 24 heavy (non-hydrogen) atoms. The quantitative estimate of drug-likeness (QED) is 0.774. The van der Waals surface area contributed by atoms with Crippen LogP contribution in [0, 0.1) is 12.7 Å². The van der Waals surface area contributed by atoms with Crippen LogP contribution in [0.4, 0.5) is 4.39 Å². The van der Waals surface area contributed by atoms with E-state index in [4.69, 9.17) is 0 Å². The van der Waals surface area contributed by atoms with E-state index in [-0.39, 0.29) is 11.9 Å². The minimum absolute atomic E-state index is 0.222. The van der Waals surface area contributed by atoms with Crippen molar-refractivity contribution in [2.45, 2.75) is 38.8 Å². The number of nitrogens with one attached hydrogen (secondary N) is 2. The SMILES string of the molecule is Cc1cnc(CNC2CCCc3c2cnn3-c2ccccc2F)[nH]1. The van der Waals surface area contributed by atoms with Gasteiger partial charge < -0.3 is 10.3 Å². The molecule has 0 spiro atoms. The average Bonchev–Trinajstić information content (AvgIpc) is 3.20. The maximum absolute atomic E-state index is 14.1. The molecule has 2 aromatic heterocycles. The lowest BCUT2D eigenvalue weighted by Gasteiger charge is -2.24. The lowest BCUT2D eigenvalue weighted by atomic mass is 9.93. The summed E-state index contributed by atoms with van der Waals surface area (Å²) in [6, 6.07) is 7.00. The van der Waals surface area contributed by atoms with Crippen LogP contribution in [0.25, 0.3) is 5.69 Å². The standard InChI is InChI=1S/C18H20FN5/c1-12-9-21-18(23-12)11-20-15-6-4-8-16-13(15)10-22-24(16)17-7-3-2-5-14(17)19/h2-3,5,7,9-10,15,20H,4,6,8,11H2,1H3,(H,21,23). The first-order chi connectivity index (χ1) is 11.7. The first-order valence-electron chi connectivity index (χ1n) is 8.28. The number of para-hydroxylation sites is 1. The summed E-state index contributed by atoms with van der Waals surface area (Å²) in [7, 11) is 0. The Kier molecular flexibility index (Phi) is 3.90. The van der Waals surface area contributed by atoms with Gasteiger partial charge in [-0.15, -0.1) is 0 Å². The summed E-state index contributed by atoms with van der Waals surface area (Å²) in [4.78, 5) is 7.57. The van der Waals surface area contributed by atoms with E-state index in [1.807, 2.05) is 25.4 Å². The van der Waals surface area contributed by atoms with Crippen molar-refractivity contribution in [3.63, 3.8) is 0 Å². The molecule has 0 fully saturated rings. The second kappa shape index (κ2) is 6.20. The molecule has 0 saturated carbocycles. The number of fused-ring (bicyclic) bond motifs is 1. The van der Waals surface area contributed by atoms with Crippen LogP contribution in [0.2, 0.25) is 0 Å². The molecule has 3 aromatic rings. The van der Waals surface area contributed by atoms with Crippen LogP contribution in [-0.2, 0) is 13.0 Å². The van der Waals surface area contributed by atoms with Gasteiger partial charge in [-0.1, -0.05) is 12.1 Å². The van der Waals surface area contributed by atoms with Gasteiger partial charge in [0.1, 0.15) is 17.3 Å². The summed E-state index contributed by atoms with van der Waals surface area (Å²) in [5.74, 6) is 0.686. The molecule has 0 aliphatic heterocycles. The maximum Gasteiger partial charge on any atom is 0.148 e. The molecule has 1 aliphatic carbocycles. The van der Waals surface area contributed by atoms with Crippen molar-refractivity contribution in [3.8, 4) is 5.69 Å². The first-order valence-corrected chi connectivity index (χ1v) is 8.28. The highest BCUT2D eigenvalue weighted by Gasteiger charge is 2.25. The maximum atomic E-state index is 14.1. The lowest BCUT2D eigenvalue weighted by molar-refractivity contribution is 0.449. The number of imidazole rings is 1. The molecule has 0 radical (unpaired) electrons. The molecule has 1 aromatic carbocycles. The monoisotopic (exact) mass is 325 g/mol. The predicted molar refractivity (Wildman–Crippen MR) is 89.4 cm³/mol. The van der Waals surface area contributed by atoms with E-state index in [0.717, 1.165) is 42.0 Å². The Labute approximate surface area is 139 Å². The second-order valence-electron chi connectivity index (χ2n) is 6.25. The number of aromatic nitrogens is 4. The zero-order valence-corrected chi connectivity index (χ0v) is 13.6. The molecule has 1 atom stereocenters. The Hall–Kier alpha value is -2.47. The van der Waals surface area contributed by atoms with Gasteiger partial charge in [-0.2, -0.15) is 5.10 Å². The molecule has 124 valence electrons. The van der Waals surface area contributed by atoms with Crippen LogP contribution in [0.3, 0.4) is 0 Å². The number of benzene rings is 1. The van der Waals surface area contributed by atoms with Crippen molar-refractivity contribution in [2.75, 3.05) is 0 Å². The number of aryl methyl sites for hydroxylation is 1. The molecule has 1 aliphatic rings. The van der Waals surface area contributed by atoms with Crippen molar-refractivity contribution in [1.29, 1.82) is 0 Å². The van der Waals surface area contributed by atoms with Gasteiger partial charge in [0.05, 0.1) is 12.7 Å². The number of rotatable bonds is 4. The normalized spacial score (nSPS) is 17.0. The zero-order valence-electron chi connectivity index (χ0n) is 13.6. The highest BCUT2D eigenvalue weighted by atomic mass is 19.1. The molecule has 1 unspecified atom stereocenters. The fourth-order valence-electron chi connectivity index (χ4n) is 3.38. The molecule has 6 heteroatoms. The van der Waals surface area contributed by atoms with Crippen LogP contribution in [-0.4, -0.2) is 19.7 Å². The van der Waals surface area contributed by atoms with Crippen LogP contribution >= 0.6 is 0 Å². The molecule has 4 rings (SSSR count). The molecule has 0 saturated heterocycles. The third kappa shape index (κ3) is 2.73. The van der Waals surface area contributed by atoms with E-state index in [0.29, 0.717) is 12.2 Å². The largest absolute Gasteiger partial charge is 0.345 e. The fourth-order valence-corrected chi connectivity index (χ4v) is 3.38. The van der Waals surface area contributed by atoms with Crippen molar-refractivity contribution >= 4 is 0 Å². The molecular weight excluding hydrogens is 305 g/mol. The molecule has 0 bridgehead atoms. The fraction of sp³-hybridized carbons (Fsp3) is 0.333. The highest BCUT2D eigenvalue weighted by molar-refractivity contribution is 5.38. The third-order valence-corrected chi connectivity index (χ3v) is 4.54. The second-order valence-corrected chi connectivity index (χ2v) is 6.25. The third-order valence-electron chi connectivity index (χ3n) is 4.54. The van der Waals surface area contributed by atoms with Crippen molar-refractivity contribution in [3.05, 3.63) is 65.3 Å². The lowest BCUT2D eigenvalue weighted by Crippen LogP contribution is -2.25. The minimum atomic E-state index is -0.246. The molecule has 0 amide bonds. The average molecular weight is 325 g/mol. The smallest absolute Gasteiger partial charge is 0.148 e. The van der Waals surface area contributed by atoms with Crippen LogP contribution in [0.15, 0.2) is 36.7 Å². The topological polar surface area (TPSA) is 58.5 Å². The van der Waals surface area contributed by atoms with E-state index in [2.05, 4.69) is 20.4 Å². The van der Waals surface area contributed by atoms with Crippen LogP contribution < -0.4 is 5.32 Å². The van der Waals surface area contributed by atoms with E-state index in [1.54, 1.807) is 16.8 Å². The number of hydrogen-bond acceptors (Lipinski definition) is 3. The Morgan fingerprint density at radius 1 is 1.33 bits per heavy atom. The minimum Gasteiger partial charge on any atom is -0.345 e. The zero-order chi connectivity index (χ0) is 16.5. The van der Waals surface area contributed by atoms with Crippen LogP contribution in [0.5, 0.6) is 0 Å². The van der Waals surface area contributed by atoms with Gasteiger partial charge in [-0.25, -0.2) is 14.1 Å². The van der Waals surface area contributed by atoms with Gasteiger partial charge in [0.25, 0.3) is 0 Å². The molecular formula is C18H20FN5. The van der Waals surface area contributed by atoms with Gasteiger partial charge in [-0.05, 0) is 38.3 Å². The van der Waals surface area contributed by atoms with Crippen molar-refractivity contribution in [1.82, 2.24) is 25.1 Å². The summed E-state index contributed by atoms with van der Waals surface area (Å²) in [6.07, 6.45) is 6.73. The van der Waals surface area contributed by atoms with Crippen molar-refractivity contribution < 1.29 is 4.39 Å². The van der Waals surface area contributed by atoms with E-state index < -0.39 is 0 Å². The summed E-state index contributed by atoms with van der Waals surface area (Å²) in [5, 5.41) is 8.00. The van der Waals surface area contributed by atoms with Crippen molar-refractivity contribution in [2.24, 2.45) is 0 Å². The van der Waals surface area contributed by atoms with Gasteiger partial charge in [-0.3, -0.25) is 0 Å². The van der Waals surface area contributed by atoms with E-state index >= 15 is 0 Å². The van der Waals surface area contributed by atoms with Gasteiger partial charge in [0, 0.05) is 29.2 Å². The van der Waals surface area contributed by atoms with Gasteiger partial charge in [0.15, 0.2) is 0 Å². The molecule has 2 heterocycles. The first kappa shape index (κ1) is 15.1. The highest BCUT2D eigenvalue weighted by Crippen LogP contribution is 2.31. The number of hydrogen-bond donors (Lipinski definition) is 2. The summed E-state index contributed by atoms with van der Waals surface area (Å²) in [6.45, 7) is 2.68. The number of halogens is 1. The Balaban J connectivity index is 1.59. The van der Waals surface area contributed by atoms with E-state index in [9.17, 15) is 4.39 Å². The Bertz CT molecular complexity index is 851. The Morgan fingerprint density at radius 3 is 3.00 bits per heavy atom. The Morgan fingerprint density at radius 2 is 2.21 bits per heavy atom. The molecule has 5 nitrogen and oxygen atoms in total. The summed E-state index contributed by atoms with van der Waals surface area (Å²) < 4.78 is 15.8. The number of H-pyrrole nitrogens is 1. The van der Waals surface area contributed by atoms with E-state index in [1.165, 1.54) is 6.07 Å². The van der Waals surface area contributed by atoms with Gasteiger partial charge >= 0.3 is 0 Å². The number of aromatic amines is 1. The molecule has 2 N–H and O–H groups in total.